The molecule has 2 atom stereocenters. The summed E-state index contributed by atoms with van der Waals surface area (Å²) in [5.74, 6) is 0. The molecule has 0 spiro atoms. The van der Waals surface area contributed by atoms with Crippen LogP contribution in [0.3, 0.4) is 0 Å². The van der Waals surface area contributed by atoms with E-state index in [1.807, 2.05) is 18.3 Å². The smallest absolute Gasteiger partial charge is 0.0736 e. The first-order valence-electron chi connectivity index (χ1n) is 6.12. The summed E-state index contributed by atoms with van der Waals surface area (Å²) in [6, 6.07) is 4.18. The number of rotatable bonds is 3. The number of ether oxygens (including phenoxy) is 1. The van der Waals surface area contributed by atoms with E-state index in [0.29, 0.717) is 6.61 Å². The lowest BCUT2D eigenvalue weighted by molar-refractivity contribution is 0.0193. The molecule has 1 aromatic rings. The number of hydrogen-bond donors (Lipinski definition) is 1. The Kier molecular flexibility index (Phi) is 4.31. The van der Waals surface area contributed by atoms with Gasteiger partial charge in [-0.15, -0.1) is 0 Å². The van der Waals surface area contributed by atoms with Crippen molar-refractivity contribution in [3.8, 4) is 0 Å². The van der Waals surface area contributed by atoms with Crippen LogP contribution in [0.1, 0.15) is 37.7 Å². The molecule has 1 fully saturated rings. The van der Waals surface area contributed by atoms with Gasteiger partial charge in [-0.05, 0) is 24.5 Å². The molecular formula is C13H20N2O. The molecule has 1 aliphatic rings. The summed E-state index contributed by atoms with van der Waals surface area (Å²) in [5, 5.41) is 0. The molecule has 2 rings (SSSR count). The van der Waals surface area contributed by atoms with Crippen LogP contribution in [0, 0.1) is 0 Å². The predicted molar refractivity (Wildman–Crippen MR) is 63.9 cm³/mol. The summed E-state index contributed by atoms with van der Waals surface area (Å²) in [7, 11) is 0. The van der Waals surface area contributed by atoms with Crippen molar-refractivity contribution in [2.45, 2.75) is 50.9 Å². The Morgan fingerprint density at radius 3 is 3.00 bits per heavy atom. The van der Waals surface area contributed by atoms with Gasteiger partial charge >= 0.3 is 0 Å². The lowest BCUT2D eigenvalue weighted by Gasteiger charge is -2.21. The summed E-state index contributed by atoms with van der Waals surface area (Å²) in [6.45, 7) is 0.631. The topological polar surface area (TPSA) is 48.1 Å². The molecule has 88 valence electrons. The maximum atomic E-state index is 6.10. The minimum Gasteiger partial charge on any atom is -0.372 e. The lowest BCUT2D eigenvalue weighted by atomic mass is 10.1. The van der Waals surface area contributed by atoms with E-state index in [0.717, 1.165) is 18.4 Å². The summed E-state index contributed by atoms with van der Waals surface area (Å²) in [6.07, 6.45) is 9.82. The maximum absolute atomic E-state index is 6.10. The molecule has 1 saturated carbocycles. The Morgan fingerprint density at radius 2 is 2.19 bits per heavy atom. The molecule has 1 aliphatic carbocycles. The van der Waals surface area contributed by atoms with Crippen LogP contribution >= 0.6 is 0 Å². The largest absolute Gasteiger partial charge is 0.372 e. The van der Waals surface area contributed by atoms with Crippen LogP contribution in [0.5, 0.6) is 0 Å². The standard InChI is InChI=1S/C13H20N2O/c14-12-6-2-1-3-7-13(12)16-10-11-5-4-8-15-9-11/h4-5,8-9,12-13H,1-3,6-7,10,14H2. The molecule has 2 N–H and O–H groups in total. The van der Waals surface area contributed by atoms with E-state index in [4.69, 9.17) is 10.5 Å². The van der Waals surface area contributed by atoms with Crippen molar-refractivity contribution in [1.82, 2.24) is 4.98 Å². The van der Waals surface area contributed by atoms with Gasteiger partial charge < -0.3 is 10.5 Å². The van der Waals surface area contributed by atoms with Gasteiger partial charge in [0.05, 0.1) is 12.7 Å². The van der Waals surface area contributed by atoms with E-state index in [-0.39, 0.29) is 12.1 Å². The van der Waals surface area contributed by atoms with Gasteiger partial charge in [-0.25, -0.2) is 0 Å². The zero-order valence-electron chi connectivity index (χ0n) is 9.64. The van der Waals surface area contributed by atoms with E-state index in [1.54, 1.807) is 6.20 Å². The molecule has 3 nitrogen and oxygen atoms in total. The molecule has 0 saturated heterocycles. The fraction of sp³-hybridized carbons (Fsp3) is 0.615. The van der Waals surface area contributed by atoms with Gasteiger partial charge in [-0.1, -0.05) is 25.3 Å². The predicted octanol–water partition coefficient (Wildman–Crippen LogP) is 2.26. The highest BCUT2D eigenvalue weighted by atomic mass is 16.5. The van der Waals surface area contributed by atoms with Crippen LogP contribution in [0.2, 0.25) is 0 Å². The van der Waals surface area contributed by atoms with Gasteiger partial charge in [0, 0.05) is 18.4 Å². The Labute approximate surface area is 97.0 Å². The monoisotopic (exact) mass is 220 g/mol. The van der Waals surface area contributed by atoms with Gasteiger partial charge in [0.25, 0.3) is 0 Å². The highest BCUT2D eigenvalue weighted by molar-refractivity contribution is 5.06. The van der Waals surface area contributed by atoms with E-state index in [2.05, 4.69) is 4.98 Å². The van der Waals surface area contributed by atoms with Crippen LogP contribution in [-0.4, -0.2) is 17.1 Å². The average molecular weight is 220 g/mol. The molecule has 1 heterocycles. The van der Waals surface area contributed by atoms with Crippen LogP contribution < -0.4 is 5.73 Å². The lowest BCUT2D eigenvalue weighted by Crippen LogP contribution is -2.35. The summed E-state index contributed by atoms with van der Waals surface area (Å²) in [4.78, 5) is 4.07. The Hall–Kier alpha value is -0.930. The summed E-state index contributed by atoms with van der Waals surface area (Å²) < 4.78 is 5.90. The second-order valence-electron chi connectivity index (χ2n) is 4.51. The van der Waals surface area contributed by atoms with E-state index in [1.165, 1.54) is 19.3 Å². The Balaban J connectivity index is 1.84. The third kappa shape index (κ3) is 3.29. The first-order chi connectivity index (χ1) is 7.86. The highest BCUT2D eigenvalue weighted by Crippen LogP contribution is 2.20. The van der Waals surface area contributed by atoms with Crippen molar-refractivity contribution in [3.05, 3.63) is 30.1 Å². The molecule has 1 aromatic heterocycles. The fourth-order valence-corrected chi connectivity index (χ4v) is 2.20. The quantitative estimate of drug-likeness (QED) is 0.795. The van der Waals surface area contributed by atoms with E-state index in [9.17, 15) is 0 Å². The SMILES string of the molecule is NC1CCCCCC1OCc1cccnc1. The van der Waals surface area contributed by atoms with Crippen LogP contribution in [0.15, 0.2) is 24.5 Å². The van der Waals surface area contributed by atoms with E-state index >= 15 is 0 Å². The minimum absolute atomic E-state index is 0.208. The molecule has 0 bridgehead atoms. The normalized spacial score (nSPS) is 26.3. The first kappa shape index (κ1) is 11.6. The minimum atomic E-state index is 0.208. The maximum Gasteiger partial charge on any atom is 0.0736 e. The number of hydrogen-bond acceptors (Lipinski definition) is 3. The molecule has 3 heteroatoms. The Bertz CT molecular complexity index is 302. The van der Waals surface area contributed by atoms with Crippen molar-refractivity contribution in [2.24, 2.45) is 5.73 Å². The van der Waals surface area contributed by atoms with Gasteiger partial charge in [-0.2, -0.15) is 0 Å². The van der Waals surface area contributed by atoms with Crippen molar-refractivity contribution >= 4 is 0 Å². The third-order valence-electron chi connectivity index (χ3n) is 3.19. The van der Waals surface area contributed by atoms with E-state index < -0.39 is 0 Å². The third-order valence-corrected chi connectivity index (χ3v) is 3.19. The second-order valence-corrected chi connectivity index (χ2v) is 4.51. The van der Waals surface area contributed by atoms with Gasteiger partial charge in [0.1, 0.15) is 0 Å². The zero-order valence-corrected chi connectivity index (χ0v) is 9.64. The van der Waals surface area contributed by atoms with Gasteiger partial charge in [0.2, 0.25) is 0 Å². The highest BCUT2D eigenvalue weighted by Gasteiger charge is 2.20. The Morgan fingerprint density at radius 1 is 1.31 bits per heavy atom. The van der Waals surface area contributed by atoms with Crippen molar-refractivity contribution in [2.75, 3.05) is 0 Å². The fourth-order valence-electron chi connectivity index (χ4n) is 2.20. The average Bonchev–Trinajstić information content (AvgIpc) is 2.53. The van der Waals surface area contributed by atoms with Crippen LogP contribution in [-0.2, 0) is 11.3 Å². The molecule has 16 heavy (non-hydrogen) atoms. The second kappa shape index (κ2) is 5.97. The van der Waals surface area contributed by atoms with Crippen molar-refractivity contribution in [1.29, 1.82) is 0 Å². The van der Waals surface area contributed by atoms with Crippen LogP contribution in [0.4, 0.5) is 0 Å². The van der Waals surface area contributed by atoms with Gasteiger partial charge in [-0.3, -0.25) is 4.98 Å². The molecule has 0 radical (unpaired) electrons. The number of nitrogens with zero attached hydrogens (tertiary/aromatic N) is 1. The molecule has 0 aromatic carbocycles. The van der Waals surface area contributed by atoms with Crippen molar-refractivity contribution in [3.63, 3.8) is 0 Å². The van der Waals surface area contributed by atoms with Crippen LogP contribution in [0.25, 0.3) is 0 Å². The number of pyridine rings is 1. The first-order valence-corrected chi connectivity index (χ1v) is 6.12. The molecule has 0 aliphatic heterocycles. The number of aromatic nitrogens is 1. The summed E-state index contributed by atoms with van der Waals surface area (Å²) >= 11 is 0. The molecular weight excluding hydrogens is 200 g/mol. The molecule has 2 unspecified atom stereocenters. The number of nitrogens with two attached hydrogens (primary N) is 1. The summed E-state index contributed by atoms with van der Waals surface area (Å²) in [5.41, 5.74) is 7.23. The van der Waals surface area contributed by atoms with Crippen molar-refractivity contribution < 1.29 is 4.74 Å². The zero-order chi connectivity index (χ0) is 11.2. The molecule has 0 amide bonds. The van der Waals surface area contributed by atoms with Gasteiger partial charge in [0.15, 0.2) is 0 Å².